The summed E-state index contributed by atoms with van der Waals surface area (Å²) >= 11 is 0. The Labute approximate surface area is 61.7 Å². The number of carboxylic acids is 1. The third-order valence-corrected chi connectivity index (χ3v) is 1.03. The Morgan fingerprint density at radius 1 is 1.27 bits per heavy atom. The highest BCUT2D eigenvalue weighted by atomic mass is 16.4. The number of hydrogen-bond donors (Lipinski definition) is 4. The van der Waals surface area contributed by atoms with Gasteiger partial charge in [-0.25, -0.2) is 4.79 Å². The molecule has 4 N–H and O–H groups in total. The van der Waals surface area contributed by atoms with Crippen LogP contribution in [0.4, 0.5) is 0 Å². The van der Waals surface area contributed by atoms with Crippen LogP contribution in [-0.4, -0.2) is 51.0 Å². The molecule has 0 fully saturated rings. The number of aliphatic hydroxyl groups is 3. The molecule has 64 valence electrons. The highest BCUT2D eigenvalue weighted by Crippen LogP contribution is 1.93. The Bertz CT molecular complexity index is 164. The van der Waals surface area contributed by atoms with Crippen molar-refractivity contribution < 1.29 is 30.0 Å². The van der Waals surface area contributed by atoms with E-state index in [1.807, 2.05) is 0 Å². The number of rotatable bonds is 4. The average molecular weight is 164 g/mol. The number of carboxylic acid groups (broad SMARTS) is 1. The standard InChI is InChI=1S/C5H8O6/c6-1-2(7)3(8)4(9)5(10)11/h2-3,6-8H,1H2,(H,10,11)/t2-,3+/m1/s1. The van der Waals surface area contributed by atoms with Crippen LogP contribution in [0.15, 0.2) is 0 Å². The SMILES string of the molecule is O=C(O)C(=O)[C@@H](O)[C@H](O)CO. The molecule has 2 atom stereocenters. The van der Waals surface area contributed by atoms with E-state index in [1.165, 1.54) is 0 Å². The van der Waals surface area contributed by atoms with Gasteiger partial charge in [0.2, 0.25) is 0 Å². The maximum atomic E-state index is 10.3. The zero-order chi connectivity index (χ0) is 9.02. The number of hydrogen-bond acceptors (Lipinski definition) is 5. The molecule has 0 bridgehead atoms. The molecule has 0 radical (unpaired) electrons. The number of carbonyl (C=O) groups is 2. The lowest BCUT2D eigenvalue weighted by atomic mass is 10.1. The van der Waals surface area contributed by atoms with Gasteiger partial charge < -0.3 is 20.4 Å². The predicted octanol–water partition coefficient (Wildman–Crippen LogP) is -2.65. The Hall–Kier alpha value is -0.980. The predicted molar refractivity (Wildman–Crippen MR) is 31.7 cm³/mol. The lowest BCUT2D eigenvalue weighted by molar-refractivity contribution is -0.156. The van der Waals surface area contributed by atoms with Gasteiger partial charge in [0, 0.05) is 0 Å². The van der Waals surface area contributed by atoms with Crippen LogP contribution >= 0.6 is 0 Å². The van der Waals surface area contributed by atoms with E-state index in [1.54, 1.807) is 0 Å². The van der Waals surface area contributed by atoms with Crippen LogP contribution in [0.5, 0.6) is 0 Å². The summed E-state index contributed by atoms with van der Waals surface area (Å²) in [5.74, 6) is -3.38. The lowest BCUT2D eigenvalue weighted by Gasteiger charge is -2.10. The molecule has 11 heavy (non-hydrogen) atoms. The van der Waals surface area contributed by atoms with E-state index >= 15 is 0 Å². The van der Waals surface area contributed by atoms with E-state index in [0.717, 1.165) is 0 Å². The smallest absolute Gasteiger partial charge is 0.375 e. The molecule has 0 spiro atoms. The number of carbonyl (C=O) groups excluding carboxylic acids is 1. The first-order chi connectivity index (χ1) is 5.00. The zero-order valence-electron chi connectivity index (χ0n) is 5.47. The minimum Gasteiger partial charge on any atom is -0.475 e. The summed E-state index contributed by atoms with van der Waals surface area (Å²) in [4.78, 5) is 20.2. The Balaban J connectivity index is 4.13. The van der Waals surface area contributed by atoms with E-state index < -0.39 is 30.6 Å². The van der Waals surface area contributed by atoms with E-state index in [9.17, 15) is 9.59 Å². The molecule has 0 unspecified atom stereocenters. The molecule has 0 heterocycles. The summed E-state index contributed by atoms with van der Waals surface area (Å²) in [6.07, 6.45) is -3.80. The summed E-state index contributed by atoms with van der Waals surface area (Å²) in [5.41, 5.74) is 0. The van der Waals surface area contributed by atoms with Crippen LogP contribution in [0.3, 0.4) is 0 Å². The Morgan fingerprint density at radius 3 is 2.00 bits per heavy atom. The fourth-order valence-electron chi connectivity index (χ4n) is 0.401. The summed E-state index contributed by atoms with van der Waals surface area (Å²) in [7, 11) is 0. The summed E-state index contributed by atoms with van der Waals surface area (Å²) in [6, 6.07) is 0. The normalized spacial score (nSPS) is 15.5. The number of aliphatic carboxylic acids is 1. The molecule has 0 aromatic carbocycles. The molecule has 0 aromatic rings. The molecule has 0 aliphatic rings. The maximum absolute atomic E-state index is 10.3. The van der Waals surface area contributed by atoms with Crippen molar-refractivity contribution in [3.05, 3.63) is 0 Å². The van der Waals surface area contributed by atoms with Crippen molar-refractivity contribution in [3.63, 3.8) is 0 Å². The van der Waals surface area contributed by atoms with Crippen molar-refractivity contribution in [2.45, 2.75) is 12.2 Å². The minimum atomic E-state index is -2.06. The van der Waals surface area contributed by atoms with Crippen molar-refractivity contribution in [1.82, 2.24) is 0 Å². The molecule has 0 amide bonds. The third kappa shape index (κ3) is 2.62. The first-order valence-corrected chi connectivity index (χ1v) is 2.74. The van der Waals surface area contributed by atoms with Crippen LogP contribution in [0.2, 0.25) is 0 Å². The number of Topliss-reactive ketones (excluding diaryl/α,β-unsaturated/α-hetero) is 1. The lowest BCUT2D eigenvalue weighted by Crippen LogP contribution is -2.40. The fourth-order valence-corrected chi connectivity index (χ4v) is 0.401. The summed E-state index contributed by atoms with van der Waals surface area (Å²) in [6.45, 7) is -0.861. The third-order valence-electron chi connectivity index (χ3n) is 1.03. The topological polar surface area (TPSA) is 115 Å². The van der Waals surface area contributed by atoms with E-state index in [2.05, 4.69) is 0 Å². The van der Waals surface area contributed by atoms with Crippen LogP contribution in [-0.2, 0) is 9.59 Å². The summed E-state index contributed by atoms with van der Waals surface area (Å²) in [5, 5.41) is 33.4. The second-order valence-corrected chi connectivity index (χ2v) is 1.86. The molecular formula is C5H8O6. The first-order valence-electron chi connectivity index (χ1n) is 2.74. The van der Waals surface area contributed by atoms with Crippen molar-refractivity contribution in [2.24, 2.45) is 0 Å². The average Bonchev–Trinajstić information content (AvgIpc) is 2.00. The first kappa shape index (κ1) is 10.0. The molecule has 0 saturated carbocycles. The zero-order valence-corrected chi connectivity index (χ0v) is 5.47. The molecule has 0 saturated heterocycles. The minimum absolute atomic E-state index is 0.861. The maximum Gasteiger partial charge on any atom is 0.375 e. The quantitative estimate of drug-likeness (QED) is 0.337. The molecule has 0 aromatic heterocycles. The van der Waals surface area contributed by atoms with Crippen molar-refractivity contribution in [2.75, 3.05) is 6.61 Å². The molecule has 6 heteroatoms. The van der Waals surface area contributed by atoms with Gasteiger partial charge in [-0.1, -0.05) is 0 Å². The Morgan fingerprint density at radius 2 is 1.73 bits per heavy atom. The highest BCUT2D eigenvalue weighted by molar-refractivity contribution is 6.34. The van der Waals surface area contributed by atoms with Gasteiger partial charge in [-0.3, -0.25) is 4.79 Å². The van der Waals surface area contributed by atoms with Gasteiger partial charge in [0.25, 0.3) is 5.78 Å². The van der Waals surface area contributed by atoms with Gasteiger partial charge >= 0.3 is 5.97 Å². The van der Waals surface area contributed by atoms with Gasteiger partial charge in [-0.15, -0.1) is 0 Å². The van der Waals surface area contributed by atoms with Gasteiger partial charge in [0.1, 0.15) is 6.10 Å². The number of aliphatic hydroxyl groups excluding tert-OH is 3. The highest BCUT2D eigenvalue weighted by Gasteiger charge is 2.28. The van der Waals surface area contributed by atoms with Gasteiger partial charge in [0.05, 0.1) is 6.61 Å². The molecule has 0 rings (SSSR count). The molecular weight excluding hydrogens is 156 g/mol. The second kappa shape index (κ2) is 4.02. The van der Waals surface area contributed by atoms with Crippen LogP contribution in [0, 0.1) is 0 Å². The van der Waals surface area contributed by atoms with Crippen molar-refractivity contribution in [3.8, 4) is 0 Å². The summed E-state index contributed by atoms with van der Waals surface area (Å²) < 4.78 is 0. The monoisotopic (exact) mass is 164 g/mol. The van der Waals surface area contributed by atoms with Gasteiger partial charge in [-0.2, -0.15) is 0 Å². The molecule has 6 nitrogen and oxygen atoms in total. The van der Waals surface area contributed by atoms with E-state index in [0.29, 0.717) is 0 Å². The van der Waals surface area contributed by atoms with Crippen molar-refractivity contribution in [1.29, 1.82) is 0 Å². The number of ketones is 1. The van der Waals surface area contributed by atoms with E-state index in [4.69, 9.17) is 20.4 Å². The second-order valence-electron chi connectivity index (χ2n) is 1.86. The molecule has 0 aliphatic carbocycles. The van der Waals surface area contributed by atoms with Crippen LogP contribution in [0.1, 0.15) is 0 Å². The molecule has 0 aliphatic heterocycles. The van der Waals surface area contributed by atoms with E-state index in [-0.39, 0.29) is 0 Å². The Kier molecular flexibility index (Phi) is 3.66. The largest absolute Gasteiger partial charge is 0.475 e. The fraction of sp³-hybridized carbons (Fsp3) is 0.600. The van der Waals surface area contributed by atoms with Crippen LogP contribution in [0.25, 0.3) is 0 Å². The van der Waals surface area contributed by atoms with Crippen molar-refractivity contribution >= 4 is 11.8 Å². The van der Waals surface area contributed by atoms with Gasteiger partial charge in [0.15, 0.2) is 6.10 Å². The van der Waals surface area contributed by atoms with Gasteiger partial charge in [-0.05, 0) is 0 Å². The van der Waals surface area contributed by atoms with Crippen LogP contribution < -0.4 is 0 Å².